The van der Waals surface area contributed by atoms with Crippen molar-refractivity contribution in [1.82, 2.24) is 9.97 Å². The molecule has 0 atom stereocenters. The Morgan fingerprint density at radius 2 is 2.03 bits per heavy atom. The number of hydrogen-bond donors (Lipinski definition) is 0. The Morgan fingerprint density at radius 1 is 1.19 bits per heavy atom. The number of anilines is 1. The number of amides is 1. The quantitative estimate of drug-likeness (QED) is 0.278. The van der Waals surface area contributed by atoms with Crippen molar-refractivity contribution >= 4 is 49.9 Å². The van der Waals surface area contributed by atoms with Gasteiger partial charge in [-0.05, 0) is 42.3 Å². The minimum Gasteiger partial charge on any atom is -0.278 e. The van der Waals surface area contributed by atoms with Gasteiger partial charge in [0.05, 0.1) is 38.0 Å². The smallest absolute Gasteiger partial charge is 0.270 e. The Bertz CT molecular complexity index is 1280. The maximum absolute atomic E-state index is 13.5. The number of carbonyl (C=O) groups excluding carboxylic acids is 1. The average Bonchev–Trinajstić information content (AvgIpc) is 3.20. The summed E-state index contributed by atoms with van der Waals surface area (Å²) in [4.78, 5) is 34.6. The van der Waals surface area contributed by atoms with E-state index in [0.717, 1.165) is 16.6 Å². The van der Waals surface area contributed by atoms with Crippen molar-refractivity contribution in [3.05, 3.63) is 92.8 Å². The van der Waals surface area contributed by atoms with Crippen LogP contribution >= 0.6 is 22.9 Å². The Hall–Kier alpha value is -3.36. The van der Waals surface area contributed by atoms with Crippen LogP contribution in [-0.2, 0) is 13.0 Å². The van der Waals surface area contributed by atoms with Gasteiger partial charge in [-0.2, -0.15) is 0 Å². The van der Waals surface area contributed by atoms with Crippen molar-refractivity contribution in [1.29, 1.82) is 0 Å². The lowest BCUT2D eigenvalue weighted by Gasteiger charge is -2.20. The van der Waals surface area contributed by atoms with Crippen molar-refractivity contribution < 1.29 is 9.72 Å². The molecule has 0 radical (unpaired) electrons. The van der Waals surface area contributed by atoms with Crippen LogP contribution in [0.4, 0.5) is 10.8 Å². The Kier molecular flexibility index (Phi) is 5.92. The van der Waals surface area contributed by atoms with E-state index in [1.807, 2.05) is 18.2 Å². The molecule has 4 rings (SSSR count). The van der Waals surface area contributed by atoms with Crippen LogP contribution in [-0.4, -0.2) is 20.8 Å². The number of aromatic nitrogens is 2. The second-order valence-corrected chi connectivity index (χ2v) is 8.20. The van der Waals surface area contributed by atoms with E-state index in [0.29, 0.717) is 10.8 Å². The molecule has 156 valence electrons. The van der Waals surface area contributed by atoms with Gasteiger partial charge in [-0.1, -0.05) is 42.0 Å². The first-order chi connectivity index (χ1) is 15.0. The molecule has 2 aromatic carbocycles. The monoisotopic (exact) mass is 452 g/mol. The van der Waals surface area contributed by atoms with E-state index in [1.165, 1.54) is 40.0 Å². The van der Waals surface area contributed by atoms with Gasteiger partial charge in [-0.15, -0.1) is 0 Å². The molecule has 0 saturated carbocycles. The van der Waals surface area contributed by atoms with Gasteiger partial charge in [-0.25, -0.2) is 4.98 Å². The summed E-state index contributed by atoms with van der Waals surface area (Å²) in [6.45, 7) is 2.23. The number of nitro groups is 1. The van der Waals surface area contributed by atoms with Crippen molar-refractivity contribution in [2.45, 2.75) is 19.9 Å². The predicted octanol–water partition coefficient (Wildman–Crippen LogP) is 5.66. The summed E-state index contributed by atoms with van der Waals surface area (Å²) in [5.74, 6) is -0.478. The second kappa shape index (κ2) is 8.79. The van der Waals surface area contributed by atoms with E-state index in [4.69, 9.17) is 11.6 Å². The van der Waals surface area contributed by atoms with Gasteiger partial charge in [0.2, 0.25) is 0 Å². The molecule has 0 fully saturated rings. The molecular weight excluding hydrogens is 436 g/mol. The summed E-state index contributed by atoms with van der Waals surface area (Å²) >= 11 is 7.63. The van der Waals surface area contributed by atoms with E-state index in [9.17, 15) is 14.9 Å². The number of fused-ring (bicyclic) bond motifs is 1. The number of pyridine rings is 1. The Labute approximate surface area is 187 Å². The molecule has 2 aromatic heterocycles. The lowest BCUT2D eigenvalue weighted by atomic mass is 10.1. The van der Waals surface area contributed by atoms with Crippen molar-refractivity contribution in [2.75, 3.05) is 4.90 Å². The normalized spacial score (nSPS) is 10.9. The standard InChI is InChI=1S/C22H17ClN4O3S/c1-2-14-6-9-19-20(11-14)31-22(25-19)26(13-15-5-3-4-10-24-15)21(28)17-12-16(27(29)30)7-8-18(17)23/h3-12H,2,13H2,1H3. The number of nitro benzene ring substituents is 1. The van der Waals surface area contributed by atoms with Crippen LogP contribution in [0.25, 0.3) is 10.2 Å². The number of hydrogen-bond acceptors (Lipinski definition) is 6. The van der Waals surface area contributed by atoms with Gasteiger partial charge in [0.25, 0.3) is 11.6 Å². The molecule has 9 heteroatoms. The molecule has 0 bridgehead atoms. The largest absolute Gasteiger partial charge is 0.278 e. The first-order valence-electron chi connectivity index (χ1n) is 9.51. The molecule has 0 saturated heterocycles. The maximum atomic E-state index is 13.5. The molecule has 7 nitrogen and oxygen atoms in total. The topological polar surface area (TPSA) is 89.2 Å². The molecular formula is C22H17ClN4O3S. The number of rotatable bonds is 6. The van der Waals surface area contributed by atoms with Crippen molar-refractivity contribution in [3.63, 3.8) is 0 Å². The van der Waals surface area contributed by atoms with Gasteiger partial charge in [0.15, 0.2) is 5.13 Å². The third-order valence-corrected chi connectivity index (χ3v) is 6.13. The van der Waals surface area contributed by atoms with Crippen LogP contribution in [0.2, 0.25) is 5.02 Å². The molecule has 0 spiro atoms. The SMILES string of the molecule is CCc1ccc2nc(N(Cc3ccccn3)C(=O)c3cc([N+](=O)[O-])ccc3Cl)sc2c1. The number of halogens is 1. The zero-order valence-corrected chi connectivity index (χ0v) is 18.1. The summed E-state index contributed by atoms with van der Waals surface area (Å²) in [6, 6.07) is 15.2. The van der Waals surface area contributed by atoms with Crippen LogP contribution in [0.3, 0.4) is 0 Å². The Morgan fingerprint density at radius 3 is 2.74 bits per heavy atom. The summed E-state index contributed by atoms with van der Waals surface area (Å²) < 4.78 is 0.957. The molecule has 0 aliphatic rings. The number of benzene rings is 2. The molecule has 0 aliphatic heterocycles. The fourth-order valence-electron chi connectivity index (χ4n) is 3.11. The summed E-state index contributed by atoms with van der Waals surface area (Å²) in [5, 5.41) is 11.8. The van der Waals surface area contributed by atoms with Gasteiger partial charge >= 0.3 is 0 Å². The van der Waals surface area contributed by atoms with Crippen LogP contribution in [0, 0.1) is 10.1 Å². The summed E-state index contributed by atoms with van der Waals surface area (Å²) in [5.41, 5.74) is 2.45. The number of aryl methyl sites for hydroxylation is 1. The van der Waals surface area contributed by atoms with E-state index < -0.39 is 10.8 Å². The fourth-order valence-corrected chi connectivity index (χ4v) is 4.33. The van der Waals surface area contributed by atoms with Gasteiger partial charge in [0.1, 0.15) is 0 Å². The molecule has 0 aliphatic carbocycles. The minimum atomic E-state index is -0.555. The third-order valence-electron chi connectivity index (χ3n) is 4.76. The van der Waals surface area contributed by atoms with Crippen LogP contribution in [0.1, 0.15) is 28.5 Å². The van der Waals surface area contributed by atoms with Crippen molar-refractivity contribution in [3.8, 4) is 0 Å². The van der Waals surface area contributed by atoms with E-state index in [2.05, 4.69) is 23.0 Å². The van der Waals surface area contributed by atoms with E-state index in [1.54, 1.807) is 18.3 Å². The highest BCUT2D eigenvalue weighted by Crippen LogP contribution is 2.33. The van der Waals surface area contributed by atoms with Gasteiger partial charge in [0, 0.05) is 18.3 Å². The minimum absolute atomic E-state index is 0.0419. The van der Waals surface area contributed by atoms with E-state index in [-0.39, 0.29) is 22.8 Å². The lowest BCUT2D eigenvalue weighted by molar-refractivity contribution is -0.384. The molecule has 1 amide bonds. The predicted molar refractivity (Wildman–Crippen MR) is 122 cm³/mol. The van der Waals surface area contributed by atoms with Crippen molar-refractivity contribution in [2.24, 2.45) is 0 Å². The lowest BCUT2D eigenvalue weighted by Crippen LogP contribution is -2.31. The number of non-ortho nitro benzene ring substituents is 1. The third kappa shape index (κ3) is 4.40. The molecule has 2 heterocycles. The highest BCUT2D eigenvalue weighted by molar-refractivity contribution is 7.22. The average molecular weight is 453 g/mol. The number of carbonyl (C=O) groups is 1. The zero-order chi connectivity index (χ0) is 22.0. The fraction of sp³-hybridized carbons (Fsp3) is 0.136. The van der Waals surface area contributed by atoms with Gasteiger partial charge in [-0.3, -0.25) is 24.8 Å². The zero-order valence-electron chi connectivity index (χ0n) is 16.5. The molecule has 31 heavy (non-hydrogen) atoms. The first-order valence-corrected chi connectivity index (χ1v) is 10.7. The van der Waals surface area contributed by atoms with Crippen LogP contribution in [0.15, 0.2) is 60.8 Å². The number of thiazole rings is 1. The second-order valence-electron chi connectivity index (χ2n) is 6.79. The van der Waals surface area contributed by atoms with E-state index >= 15 is 0 Å². The molecule has 4 aromatic rings. The maximum Gasteiger partial charge on any atom is 0.270 e. The summed E-state index contributed by atoms with van der Waals surface area (Å²) in [7, 11) is 0. The van der Waals surface area contributed by atoms with Crippen LogP contribution < -0.4 is 4.90 Å². The highest BCUT2D eigenvalue weighted by Gasteiger charge is 2.26. The van der Waals surface area contributed by atoms with Crippen LogP contribution in [0.5, 0.6) is 0 Å². The Balaban J connectivity index is 1.80. The van der Waals surface area contributed by atoms with Gasteiger partial charge < -0.3 is 0 Å². The molecule has 0 N–H and O–H groups in total. The number of nitrogens with zero attached hydrogens (tertiary/aromatic N) is 4. The molecule has 0 unspecified atom stereocenters. The summed E-state index contributed by atoms with van der Waals surface area (Å²) in [6.07, 6.45) is 2.53. The highest BCUT2D eigenvalue weighted by atomic mass is 35.5. The first kappa shape index (κ1) is 20.9.